The Morgan fingerprint density at radius 3 is 2.67 bits per heavy atom. The van der Waals surface area contributed by atoms with Crippen molar-refractivity contribution >= 4 is 29.3 Å². The molecule has 3 rings (SSSR count). The zero-order chi connectivity index (χ0) is 19.6. The van der Waals surface area contributed by atoms with E-state index < -0.39 is 29.9 Å². The second-order valence-corrected chi connectivity index (χ2v) is 5.95. The monoisotopic (exact) mass is 381 g/mol. The molecule has 1 aromatic rings. The summed E-state index contributed by atoms with van der Waals surface area (Å²) >= 11 is 0. The number of nitrogens with one attached hydrogen (secondary N) is 1. The summed E-state index contributed by atoms with van der Waals surface area (Å²) in [5.74, 6) is -2.41. The second-order valence-electron chi connectivity index (χ2n) is 5.95. The van der Waals surface area contributed by atoms with Crippen molar-refractivity contribution < 1.29 is 32.6 Å². The first kappa shape index (κ1) is 18.6. The van der Waals surface area contributed by atoms with Gasteiger partial charge in [-0.2, -0.15) is 0 Å². The molecule has 0 aromatic heterocycles. The molecule has 2 aliphatic heterocycles. The van der Waals surface area contributed by atoms with Gasteiger partial charge in [-0.05, 0) is 18.2 Å². The number of hydrogen-bond donors (Lipinski definition) is 1. The summed E-state index contributed by atoms with van der Waals surface area (Å²) in [7, 11) is 1.19. The molecule has 0 spiro atoms. The SMILES string of the molecule is COC(=O)NC[C@H]1CN(c2ccc(N3C=CC(=O)CC3)c(F)c2F)C(=O)O1. The standard InChI is InChI=1S/C17H17F2N3O5/c1-26-16(24)20-8-11-9-22(17(25)27-11)13-3-2-12(14(18)15(13)19)21-6-4-10(23)5-7-21/h2-4,6,11H,5,7-9H2,1H3,(H,20,24)/t11-/m0/s1. The molecule has 0 unspecified atom stereocenters. The number of anilines is 2. The van der Waals surface area contributed by atoms with Gasteiger partial charge in [-0.25, -0.2) is 18.4 Å². The number of benzene rings is 1. The lowest BCUT2D eigenvalue weighted by Crippen LogP contribution is -2.34. The van der Waals surface area contributed by atoms with Crippen molar-refractivity contribution in [2.75, 3.05) is 36.5 Å². The highest BCUT2D eigenvalue weighted by molar-refractivity contribution is 5.92. The Kier molecular flexibility index (Phi) is 5.24. The number of amides is 2. The van der Waals surface area contributed by atoms with Crippen LogP contribution in [0.2, 0.25) is 0 Å². The van der Waals surface area contributed by atoms with Gasteiger partial charge in [-0.1, -0.05) is 0 Å². The molecule has 1 N–H and O–H groups in total. The Morgan fingerprint density at radius 2 is 2.00 bits per heavy atom. The van der Waals surface area contributed by atoms with Crippen molar-refractivity contribution in [1.29, 1.82) is 0 Å². The number of allylic oxidation sites excluding steroid dienone is 1. The molecule has 27 heavy (non-hydrogen) atoms. The fourth-order valence-electron chi connectivity index (χ4n) is 2.82. The minimum atomic E-state index is -1.20. The maximum Gasteiger partial charge on any atom is 0.414 e. The summed E-state index contributed by atoms with van der Waals surface area (Å²) in [6.07, 6.45) is 0.621. The molecule has 1 fully saturated rings. The molecule has 10 heteroatoms. The zero-order valence-electron chi connectivity index (χ0n) is 14.4. The number of methoxy groups -OCH3 is 1. The van der Waals surface area contributed by atoms with E-state index in [1.54, 1.807) is 0 Å². The number of halogens is 2. The van der Waals surface area contributed by atoms with Crippen LogP contribution in [0.4, 0.5) is 29.7 Å². The van der Waals surface area contributed by atoms with Crippen LogP contribution in [-0.2, 0) is 14.3 Å². The zero-order valence-corrected chi connectivity index (χ0v) is 14.4. The number of hydrogen-bond acceptors (Lipinski definition) is 6. The number of carbonyl (C=O) groups is 3. The van der Waals surface area contributed by atoms with Gasteiger partial charge >= 0.3 is 12.2 Å². The Labute approximate surface area is 153 Å². The van der Waals surface area contributed by atoms with Crippen LogP contribution in [0.3, 0.4) is 0 Å². The minimum absolute atomic E-state index is 0.0241. The lowest BCUT2D eigenvalue weighted by Gasteiger charge is -2.24. The molecular weight excluding hydrogens is 364 g/mol. The van der Waals surface area contributed by atoms with E-state index in [1.807, 2.05) is 0 Å². The van der Waals surface area contributed by atoms with Crippen LogP contribution in [0.1, 0.15) is 6.42 Å². The summed E-state index contributed by atoms with van der Waals surface area (Å²) in [5, 5.41) is 2.37. The number of rotatable bonds is 4. The summed E-state index contributed by atoms with van der Waals surface area (Å²) in [6.45, 7) is 0.151. The number of ketones is 1. The smallest absolute Gasteiger partial charge is 0.414 e. The van der Waals surface area contributed by atoms with Gasteiger partial charge in [0.25, 0.3) is 0 Å². The first-order valence-corrected chi connectivity index (χ1v) is 8.16. The third-order valence-corrected chi connectivity index (χ3v) is 4.21. The normalized spacial score (nSPS) is 19.3. The highest BCUT2D eigenvalue weighted by Gasteiger charge is 2.35. The third kappa shape index (κ3) is 3.83. The number of cyclic esters (lactones) is 1. The number of carbonyl (C=O) groups excluding carboxylic acids is 3. The maximum atomic E-state index is 14.6. The summed E-state index contributed by atoms with van der Waals surface area (Å²) in [6, 6.07) is 2.61. The summed E-state index contributed by atoms with van der Waals surface area (Å²) in [5.41, 5.74) is -0.296. The molecule has 8 nitrogen and oxygen atoms in total. The van der Waals surface area contributed by atoms with Crippen molar-refractivity contribution in [2.24, 2.45) is 0 Å². The number of nitrogens with zero attached hydrogens (tertiary/aromatic N) is 2. The Morgan fingerprint density at radius 1 is 1.30 bits per heavy atom. The van der Waals surface area contributed by atoms with Crippen LogP contribution in [0.5, 0.6) is 0 Å². The Balaban J connectivity index is 1.76. The molecule has 0 saturated carbocycles. The van der Waals surface area contributed by atoms with Crippen LogP contribution in [0, 0.1) is 11.6 Å². The largest absolute Gasteiger partial charge is 0.453 e. The van der Waals surface area contributed by atoms with Gasteiger partial charge in [0.1, 0.15) is 6.10 Å². The molecule has 0 aliphatic carbocycles. The minimum Gasteiger partial charge on any atom is -0.453 e. The second kappa shape index (κ2) is 7.60. The third-order valence-electron chi connectivity index (χ3n) is 4.21. The van der Waals surface area contributed by atoms with Gasteiger partial charge in [-0.15, -0.1) is 0 Å². The van der Waals surface area contributed by atoms with Crippen molar-refractivity contribution in [3.63, 3.8) is 0 Å². The topological polar surface area (TPSA) is 88.2 Å². The molecule has 2 heterocycles. The average molecular weight is 381 g/mol. The van der Waals surface area contributed by atoms with Gasteiger partial charge in [0.2, 0.25) is 0 Å². The van der Waals surface area contributed by atoms with E-state index in [9.17, 15) is 23.2 Å². The lowest BCUT2D eigenvalue weighted by molar-refractivity contribution is -0.114. The van der Waals surface area contributed by atoms with Gasteiger partial charge in [-0.3, -0.25) is 9.69 Å². The van der Waals surface area contributed by atoms with Crippen LogP contribution in [0.15, 0.2) is 24.4 Å². The van der Waals surface area contributed by atoms with Crippen molar-refractivity contribution in [3.8, 4) is 0 Å². The molecule has 0 bridgehead atoms. The Hall–Kier alpha value is -3.17. The van der Waals surface area contributed by atoms with E-state index >= 15 is 0 Å². The predicted molar refractivity (Wildman–Crippen MR) is 90.5 cm³/mol. The van der Waals surface area contributed by atoms with E-state index in [-0.39, 0.29) is 43.2 Å². The average Bonchev–Trinajstić information content (AvgIpc) is 3.03. The fraction of sp³-hybridized carbons (Fsp3) is 0.353. The fourth-order valence-corrected chi connectivity index (χ4v) is 2.82. The number of alkyl carbamates (subject to hydrolysis) is 1. The highest BCUT2D eigenvalue weighted by atomic mass is 19.2. The molecule has 0 radical (unpaired) electrons. The van der Waals surface area contributed by atoms with Gasteiger partial charge in [0.05, 0.1) is 31.6 Å². The van der Waals surface area contributed by atoms with E-state index in [2.05, 4.69) is 10.1 Å². The number of ether oxygens (including phenoxy) is 2. The quantitative estimate of drug-likeness (QED) is 0.858. The van der Waals surface area contributed by atoms with Crippen LogP contribution >= 0.6 is 0 Å². The van der Waals surface area contributed by atoms with Crippen molar-refractivity contribution in [3.05, 3.63) is 36.0 Å². The van der Waals surface area contributed by atoms with Crippen LogP contribution in [0.25, 0.3) is 0 Å². The molecule has 1 aromatic carbocycles. The molecule has 144 valence electrons. The summed E-state index contributed by atoms with van der Waals surface area (Å²) < 4.78 is 38.6. The molecule has 1 saturated heterocycles. The van der Waals surface area contributed by atoms with Gasteiger partial charge in [0.15, 0.2) is 17.4 Å². The van der Waals surface area contributed by atoms with Crippen LogP contribution < -0.4 is 15.1 Å². The lowest BCUT2D eigenvalue weighted by atomic mass is 10.1. The maximum absolute atomic E-state index is 14.6. The van der Waals surface area contributed by atoms with Gasteiger partial charge < -0.3 is 19.7 Å². The molecule has 2 aliphatic rings. The van der Waals surface area contributed by atoms with Crippen molar-refractivity contribution in [2.45, 2.75) is 12.5 Å². The first-order valence-electron chi connectivity index (χ1n) is 8.16. The summed E-state index contributed by atoms with van der Waals surface area (Å²) in [4.78, 5) is 36.7. The van der Waals surface area contributed by atoms with E-state index in [4.69, 9.17) is 4.74 Å². The first-order chi connectivity index (χ1) is 12.9. The highest BCUT2D eigenvalue weighted by Crippen LogP contribution is 2.32. The van der Waals surface area contributed by atoms with E-state index in [1.165, 1.54) is 36.4 Å². The van der Waals surface area contributed by atoms with Gasteiger partial charge in [0, 0.05) is 19.2 Å². The van der Waals surface area contributed by atoms with Crippen molar-refractivity contribution in [1.82, 2.24) is 5.32 Å². The molecule has 1 atom stereocenters. The Bertz CT molecular complexity index is 814. The van der Waals surface area contributed by atoms with E-state index in [0.717, 1.165) is 4.90 Å². The molecule has 2 amide bonds. The van der Waals surface area contributed by atoms with E-state index in [0.29, 0.717) is 0 Å². The van der Waals surface area contributed by atoms with Crippen LogP contribution in [-0.4, -0.2) is 50.8 Å². The predicted octanol–water partition coefficient (Wildman–Crippen LogP) is 1.94. The molecular formula is C17H17F2N3O5.